The van der Waals surface area contributed by atoms with Crippen molar-refractivity contribution in [3.63, 3.8) is 0 Å². The van der Waals surface area contributed by atoms with Gasteiger partial charge < -0.3 is 15.8 Å². The summed E-state index contributed by atoms with van der Waals surface area (Å²) in [6.07, 6.45) is 3.92. The molecule has 2 rings (SSSR count). The van der Waals surface area contributed by atoms with Crippen LogP contribution in [0.1, 0.15) is 42.1 Å². The van der Waals surface area contributed by atoms with E-state index in [0.29, 0.717) is 11.3 Å². The van der Waals surface area contributed by atoms with Gasteiger partial charge >= 0.3 is 5.97 Å². The normalized spacial score (nSPS) is 21.8. The van der Waals surface area contributed by atoms with Gasteiger partial charge in [-0.1, -0.05) is 19.8 Å². The second-order valence-corrected chi connectivity index (χ2v) is 5.80. The Morgan fingerprint density at radius 3 is 2.80 bits per heavy atom. The quantitative estimate of drug-likeness (QED) is 0.654. The Morgan fingerprint density at radius 2 is 2.20 bits per heavy atom. The molecule has 0 aromatic heterocycles. The Kier molecular flexibility index (Phi) is 4.53. The lowest BCUT2D eigenvalue weighted by molar-refractivity contribution is 0.0602. The van der Waals surface area contributed by atoms with Gasteiger partial charge in [0.15, 0.2) is 0 Å². The van der Waals surface area contributed by atoms with E-state index in [1.54, 1.807) is 6.07 Å². The van der Waals surface area contributed by atoms with Crippen molar-refractivity contribution in [2.24, 2.45) is 11.8 Å². The molecule has 1 saturated carbocycles. The van der Waals surface area contributed by atoms with Crippen LogP contribution in [-0.2, 0) is 4.74 Å². The highest BCUT2D eigenvalue weighted by atomic mass is 16.5. The van der Waals surface area contributed by atoms with Crippen LogP contribution in [0.2, 0.25) is 0 Å². The number of benzene rings is 1. The van der Waals surface area contributed by atoms with E-state index in [9.17, 15) is 4.79 Å². The van der Waals surface area contributed by atoms with Crippen molar-refractivity contribution in [1.82, 2.24) is 0 Å². The van der Waals surface area contributed by atoms with Crippen molar-refractivity contribution in [1.29, 1.82) is 0 Å². The summed E-state index contributed by atoms with van der Waals surface area (Å²) in [7, 11) is 1.37. The summed E-state index contributed by atoms with van der Waals surface area (Å²) >= 11 is 0. The molecule has 1 aliphatic carbocycles. The Hall–Kier alpha value is -1.71. The molecule has 0 spiro atoms. The van der Waals surface area contributed by atoms with E-state index in [2.05, 4.69) is 12.2 Å². The zero-order valence-electron chi connectivity index (χ0n) is 12.5. The predicted molar refractivity (Wildman–Crippen MR) is 81.9 cm³/mol. The number of nitrogens with one attached hydrogen (secondary N) is 1. The van der Waals surface area contributed by atoms with Crippen molar-refractivity contribution >= 4 is 17.3 Å². The zero-order chi connectivity index (χ0) is 14.7. The molecule has 4 heteroatoms. The van der Waals surface area contributed by atoms with Crippen LogP contribution in [0.5, 0.6) is 0 Å². The van der Waals surface area contributed by atoms with E-state index >= 15 is 0 Å². The van der Waals surface area contributed by atoms with Crippen LogP contribution in [0, 0.1) is 18.8 Å². The molecule has 1 aromatic rings. The van der Waals surface area contributed by atoms with Crippen LogP contribution in [0.4, 0.5) is 11.4 Å². The molecular formula is C16H24N2O2. The number of carbonyl (C=O) groups excluding carboxylic acids is 1. The number of nitrogen functional groups attached to an aromatic ring is 1. The molecule has 20 heavy (non-hydrogen) atoms. The third-order valence-corrected chi connectivity index (χ3v) is 4.40. The first-order valence-corrected chi connectivity index (χ1v) is 7.25. The largest absolute Gasteiger partial charge is 0.465 e. The van der Waals surface area contributed by atoms with Gasteiger partial charge in [0.25, 0.3) is 0 Å². The van der Waals surface area contributed by atoms with E-state index in [4.69, 9.17) is 10.5 Å². The van der Waals surface area contributed by atoms with Gasteiger partial charge in [0.05, 0.1) is 12.7 Å². The van der Waals surface area contributed by atoms with E-state index < -0.39 is 0 Å². The van der Waals surface area contributed by atoms with Gasteiger partial charge in [0.1, 0.15) is 0 Å². The third-order valence-electron chi connectivity index (χ3n) is 4.40. The van der Waals surface area contributed by atoms with E-state index in [0.717, 1.165) is 29.6 Å². The summed E-state index contributed by atoms with van der Waals surface area (Å²) in [5.74, 6) is 1.11. The molecule has 0 amide bonds. The van der Waals surface area contributed by atoms with Crippen LogP contribution in [-0.4, -0.2) is 19.6 Å². The van der Waals surface area contributed by atoms with Gasteiger partial charge in [0, 0.05) is 17.9 Å². The molecule has 2 unspecified atom stereocenters. The van der Waals surface area contributed by atoms with Crippen molar-refractivity contribution in [2.75, 3.05) is 24.7 Å². The van der Waals surface area contributed by atoms with E-state index in [-0.39, 0.29) is 5.97 Å². The number of anilines is 2. The van der Waals surface area contributed by atoms with Crippen LogP contribution < -0.4 is 11.1 Å². The minimum Gasteiger partial charge on any atom is -0.465 e. The van der Waals surface area contributed by atoms with Crippen molar-refractivity contribution in [3.05, 3.63) is 23.3 Å². The number of hydrogen-bond donors (Lipinski definition) is 2. The number of ether oxygens (including phenoxy) is 1. The fourth-order valence-electron chi connectivity index (χ4n) is 2.95. The zero-order valence-corrected chi connectivity index (χ0v) is 12.5. The summed E-state index contributed by atoms with van der Waals surface area (Å²) in [4.78, 5) is 11.7. The standard InChI is InChI=1S/C16H24N2O2/c1-10-5-4-6-12(10)9-18-13-7-11(2)15(17)14(8-13)16(19)20-3/h7-8,10,12,18H,4-6,9,17H2,1-3H3. The molecule has 2 atom stereocenters. The SMILES string of the molecule is COC(=O)c1cc(NCC2CCCC2C)cc(C)c1N. The summed E-state index contributed by atoms with van der Waals surface area (Å²) in [6, 6.07) is 3.77. The average molecular weight is 276 g/mol. The number of carbonyl (C=O) groups is 1. The first kappa shape index (κ1) is 14.7. The highest BCUT2D eigenvalue weighted by Gasteiger charge is 2.23. The lowest BCUT2D eigenvalue weighted by atomic mass is 9.98. The molecule has 110 valence electrons. The number of esters is 1. The van der Waals surface area contributed by atoms with Crippen LogP contribution in [0.15, 0.2) is 12.1 Å². The van der Waals surface area contributed by atoms with Crippen molar-refractivity contribution in [3.8, 4) is 0 Å². The second kappa shape index (κ2) is 6.16. The van der Waals surface area contributed by atoms with Gasteiger partial charge in [0.2, 0.25) is 0 Å². The third kappa shape index (κ3) is 3.06. The maximum absolute atomic E-state index is 11.7. The monoisotopic (exact) mass is 276 g/mol. The smallest absolute Gasteiger partial charge is 0.340 e. The lowest BCUT2D eigenvalue weighted by Crippen LogP contribution is -2.17. The van der Waals surface area contributed by atoms with E-state index in [1.165, 1.54) is 26.4 Å². The van der Waals surface area contributed by atoms with Gasteiger partial charge in [-0.3, -0.25) is 0 Å². The van der Waals surface area contributed by atoms with Gasteiger partial charge in [-0.2, -0.15) is 0 Å². The van der Waals surface area contributed by atoms with Gasteiger partial charge in [-0.05, 0) is 42.9 Å². The Bertz CT molecular complexity index is 499. The molecule has 0 radical (unpaired) electrons. The lowest BCUT2D eigenvalue weighted by Gasteiger charge is -2.18. The highest BCUT2D eigenvalue weighted by molar-refractivity contribution is 5.97. The molecule has 0 bridgehead atoms. The van der Waals surface area contributed by atoms with Gasteiger partial charge in [-0.15, -0.1) is 0 Å². The van der Waals surface area contributed by atoms with Crippen molar-refractivity contribution < 1.29 is 9.53 Å². The minimum atomic E-state index is -0.386. The fraction of sp³-hybridized carbons (Fsp3) is 0.562. The maximum atomic E-state index is 11.7. The maximum Gasteiger partial charge on any atom is 0.340 e. The number of methoxy groups -OCH3 is 1. The molecule has 1 fully saturated rings. The molecule has 0 aliphatic heterocycles. The molecule has 1 aliphatic rings. The molecule has 4 nitrogen and oxygen atoms in total. The predicted octanol–water partition coefficient (Wildman–Crippen LogP) is 3.21. The van der Waals surface area contributed by atoms with E-state index in [1.807, 2.05) is 13.0 Å². The summed E-state index contributed by atoms with van der Waals surface area (Å²) in [5.41, 5.74) is 8.71. The van der Waals surface area contributed by atoms with Crippen LogP contribution >= 0.6 is 0 Å². The number of hydrogen-bond acceptors (Lipinski definition) is 4. The first-order chi connectivity index (χ1) is 9.52. The number of rotatable bonds is 4. The van der Waals surface area contributed by atoms with Gasteiger partial charge in [-0.25, -0.2) is 4.79 Å². The number of aryl methyl sites for hydroxylation is 1. The van der Waals surface area contributed by atoms with Crippen LogP contribution in [0.25, 0.3) is 0 Å². The minimum absolute atomic E-state index is 0.386. The summed E-state index contributed by atoms with van der Waals surface area (Å²) in [5, 5.41) is 3.44. The molecule has 1 aromatic carbocycles. The molecule has 0 heterocycles. The Balaban J connectivity index is 2.12. The average Bonchev–Trinajstić information content (AvgIpc) is 2.84. The Labute approximate surface area is 120 Å². The Morgan fingerprint density at radius 1 is 1.45 bits per heavy atom. The second-order valence-electron chi connectivity index (χ2n) is 5.80. The topological polar surface area (TPSA) is 64.3 Å². The first-order valence-electron chi connectivity index (χ1n) is 7.25. The van der Waals surface area contributed by atoms with Crippen LogP contribution in [0.3, 0.4) is 0 Å². The fourth-order valence-corrected chi connectivity index (χ4v) is 2.95. The molecule has 3 N–H and O–H groups in total. The molecule has 0 saturated heterocycles. The highest BCUT2D eigenvalue weighted by Crippen LogP contribution is 2.31. The molecular weight excluding hydrogens is 252 g/mol. The summed E-state index contributed by atoms with van der Waals surface area (Å²) < 4.78 is 4.78. The summed E-state index contributed by atoms with van der Waals surface area (Å²) in [6.45, 7) is 5.17. The van der Waals surface area contributed by atoms with Crippen molar-refractivity contribution in [2.45, 2.75) is 33.1 Å². The number of nitrogens with two attached hydrogens (primary N) is 1.